The summed E-state index contributed by atoms with van der Waals surface area (Å²) >= 11 is 0. The third-order valence-corrected chi connectivity index (χ3v) is 4.93. The van der Waals surface area contributed by atoms with Crippen LogP contribution < -0.4 is 0 Å². The van der Waals surface area contributed by atoms with Crippen LogP contribution in [0.15, 0.2) is 34.9 Å². The fourth-order valence-corrected chi connectivity index (χ4v) is 3.74. The molecule has 6 nitrogen and oxygen atoms in total. The summed E-state index contributed by atoms with van der Waals surface area (Å²) in [5.74, 6) is 1.16. The predicted octanol–water partition coefficient (Wildman–Crippen LogP) is 2.95. The lowest BCUT2D eigenvalue weighted by Gasteiger charge is -2.30. The molecule has 1 amide bonds. The summed E-state index contributed by atoms with van der Waals surface area (Å²) in [7, 11) is 0. The summed E-state index contributed by atoms with van der Waals surface area (Å²) in [4.78, 5) is 20.8. The predicted molar refractivity (Wildman–Crippen MR) is 94.7 cm³/mol. The quantitative estimate of drug-likeness (QED) is 0.808. The highest BCUT2D eigenvalue weighted by Crippen LogP contribution is 2.29. The molecular weight excluding hydrogens is 316 g/mol. The molecule has 2 heterocycles. The molecule has 0 saturated carbocycles. The van der Waals surface area contributed by atoms with E-state index in [0.717, 1.165) is 25.9 Å². The molecule has 0 N–H and O–H groups in total. The molecular formula is C19H26N4O2. The Hall–Kier alpha value is -2.21. The zero-order valence-electron chi connectivity index (χ0n) is 15.2. The number of aryl methyl sites for hydroxylation is 1. The highest BCUT2D eigenvalue weighted by Gasteiger charge is 2.33. The van der Waals surface area contributed by atoms with Crippen molar-refractivity contribution in [2.75, 3.05) is 13.1 Å². The Morgan fingerprint density at radius 2 is 2.16 bits per heavy atom. The van der Waals surface area contributed by atoms with E-state index in [4.69, 9.17) is 4.52 Å². The Kier molecular flexibility index (Phi) is 5.48. The number of nitrogens with zero attached hydrogens (tertiary/aromatic N) is 4. The number of hydrogen-bond acceptors (Lipinski definition) is 5. The molecule has 2 aromatic rings. The standard InChI is InChI=1S/C19H26N4O2/c1-4-18(16-8-6-5-7-9-16)22-11-10-17(12-22)23(15(3)24)13-19-20-14(2)25-21-19/h5-9,17-18H,4,10-13H2,1-3H3. The van der Waals surface area contributed by atoms with E-state index in [-0.39, 0.29) is 11.9 Å². The number of rotatable bonds is 6. The Bertz CT molecular complexity index is 700. The van der Waals surface area contributed by atoms with Gasteiger partial charge in [-0.15, -0.1) is 0 Å². The minimum atomic E-state index is 0.0575. The third kappa shape index (κ3) is 4.07. The number of carbonyl (C=O) groups excluding carboxylic acids is 1. The van der Waals surface area contributed by atoms with Crippen molar-refractivity contribution in [1.29, 1.82) is 0 Å². The number of benzene rings is 1. The zero-order valence-corrected chi connectivity index (χ0v) is 15.2. The molecule has 1 saturated heterocycles. The summed E-state index contributed by atoms with van der Waals surface area (Å²) < 4.78 is 5.03. The second kappa shape index (κ2) is 7.78. The summed E-state index contributed by atoms with van der Waals surface area (Å²) in [6.07, 6.45) is 2.03. The number of amides is 1. The Morgan fingerprint density at radius 3 is 2.76 bits per heavy atom. The molecule has 0 aliphatic carbocycles. The molecule has 1 aromatic carbocycles. The summed E-state index contributed by atoms with van der Waals surface area (Å²) in [5.41, 5.74) is 1.34. The van der Waals surface area contributed by atoms with Crippen LogP contribution >= 0.6 is 0 Å². The third-order valence-electron chi connectivity index (χ3n) is 4.93. The van der Waals surface area contributed by atoms with Gasteiger partial charge in [0.15, 0.2) is 5.82 Å². The minimum Gasteiger partial charge on any atom is -0.340 e. The second-order valence-corrected chi connectivity index (χ2v) is 6.65. The molecule has 1 aliphatic rings. The highest BCUT2D eigenvalue weighted by atomic mass is 16.5. The lowest BCUT2D eigenvalue weighted by atomic mass is 10.0. The highest BCUT2D eigenvalue weighted by molar-refractivity contribution is 5.73. The van der Waals surface area contributed by atoms with Gasteiger partial charge in [-0.2, -0.15) is 4.98 Å². The van der Waals surface area contributed by atoms with Crippen molar-refractivity contribution in [1.82, 2.24) is 19.9 Å². The lowest BCUT2D eigenvalue weighted by Crippen LogP contribution is -2.41. The van der Waals surface area contributed by atoms with Crippen molar-refractivity contribution in [2.45, 2.75) is 52.2 Å². The molecule has 1 aliphatic heterocycles. The smallest absolute Gasteiger partial charge is 0.223 e. The fraction of sp³-hybridized carbons (Fsp3) is 0.526. The van der Waals surface area contributed by atoms with Crippen molar-refractivity contribution < 1.29 is 9.32 Å². The molecule has 0 bridgehead atoms. The van der Waals surface area contributed by atoms with Gasteiger partial charge in [-0.1, -0.05) is 42.4 Å². The van der Waals surface area contributed by atoms with Crippen LogP contribution in [0.3, 0.4) is 0 Å². The van der Waals surface area contributed by atoms with Crippen LogP contribution in [0.4, 0.5) is 0 Å². The van der Waals surface area contributed by atoms with Crippen LogP contribution in [0.1, 0.15) is 50.0 Å². The number of likely N-dealkylation sites (tertiary alicyclic amines) is 1. The molecule has 0 spiro atoms. The molecule has 3 rings (SSSR count). The molecule has 2 atom stereocenters. The van der Waals surface area contributed by atoms with E-state index in [9.17, 15) is 4.79 Å². The monoisotopic (exact) mass is 342 g/mol. The van der Waals surface area contributed by atoms with E-state index in [0.29, 0.717) is 24.3 Å². The Balaban J connectivity index is 1.70. The van der Waals surface area contributed by atoms with Gasteiger partial charge in [-0.25, -0.2) is 0 Å². The Labute approximate surface area is 148 Å². The molecule has 6 heteroatoms. The first-order chi connectivity index (χ1) is 12.1. The molecule has 134 valence electrons. The van der Waals surface area contributed by atoms with Crippen molar-refractivity contribution in [3.8, 4) is 0 Å². The number of aromatic nitrogens is 2. The van der Waals surface area contributed by atoms with E-state index in [1.807, 2.05) is 11.0 Å². The zero-order chi connectivity index (χ0) is 17.8. The second-order valence-electron chi connectivity index (χ2n) is 6.65. The lowest BCUT2D eigenvalue weighted by molar-refractivity contribution is -0.131. The summed E-state index contributed by atoms with van der Waals surface area (Å²) in [6, 6.07) is 11.2. The largest absolute Gasteiger partial charge is 0.340 e. The van der Waals surface area contributed by atoms with Crippen molar-refractivity contribution >= 4 is 5.91 Å². The van der Waals surface area contributed by atoms with Gasteiger partial charge < -0.3 is 9.42 Å². The average molecular weight is 342 g/mol. The van der Waals surface area contributed by atoms with Gasteiger partial charge in [0.2, 0.25) is 11.8 Å². The van der Waals surface area contributed by atoms with E-state index in [2.05, 4.69) is 46.2 Å². The summed E-state index contributed by atoms with van der Waals surface area (Å²) in [6.45, 7) is 7.88. The van der Waals surface area contributed by atoms with E-state index < -0.39 is 0 Å². The van der Waals surface area contributed by atoms with Crippen molar-refractivity contribution in [2.24, 2.45) is 0 Å². The molecule has 25 heavy (non-hydrogen) atoms. The van der Waals surface area contributed by atoms with Crippen LogP contribution in [0.2, 0.25) is 0 Å². The molecule has 0 radical (unpaired) electrons. The van der Waals surface area contributed by atoms with Crippen LogP contribution in [0, 0.1) is 6.92 Å². The SMILES string of the molecule is CCC(c1ccccc1)N1CCC(N(Cc2noc(C)n2)C(C)=O)C1. The maximum absolute atomic E-state index is 12.2. The van der Waals surface area contributed by atoms with Gasteiger partial charge in [-0.3, -0.25) is 9.69 Å². The summed E-state index contributed by atoms with van der Waals surface area (Å²) in [5, 5.41) is 3.93. The van der Waals surface area contributed by atoms with Gasteiger partial charge in [-0.05, 0) is 18.4 Å². The molecule has 2 unspecified atom stereocenters. The van der Waals surface area contributed by atoms with Gasteiger partial charge in [0.05, 0.1) is 6.54 Å². The molecule has 1 aromatic heterocycles. The van der Waals surface area contributed by atoms with Gasteiger partial charge >= 0.3 is 0 Å². The van der Waals surface area contributed by atoms with E-state index >= 15 is 0 Å². The maximum atomic E-state index is 12.2. The van der Waals surface area contributed by atoms with Gasteiger partial charge in [0.1, 0.15) is 0 Å². The van der Waals surface area contributed by atoms with Crippen molar-refractivity contribution in [3.05, 3.63) is 47.6 Å². The van der Waals surface area contributed by atoms with Crippen LogP contribution in [-0.4, -0.2) is 45.0 Å². The molecule has 1 fully saturated rings. The van der Waals surface area contributed by atoms with E-state index in [1.165, 1.54) is 5.56 Å². The number of hydrogen-bond donors (Lipinski definition) is 0. The first kappa shape index (κ1) is 17.6. The normalized spacial score (nSPS) is 19.1. The average Bonchev–Trinajstić information content (AvgIpc) is 3.23. The van der Waals surface area contributed by atoms with Crippen LogP contribution in [0.5, 0.6) is 0 Å². The first-order valence-corrected chi connectivity index (χ1v) is 8.94. The topological polar surface area (TPSA) is 62.5 Å². The van der Waals surface area contributed by atoms with Gasteiger partial charge in [0.25, 0.3) is 0 Å². The first-order valence-electron chi connectivity index (χ1n) is 8.94. The Morgan fingerprint density at radius 1 is 1.40 bits per heavy atom. The van der Waals surface area contributed by atoms with Gasteiger partial charge in [0, 0.05) is 39.0 Å². The van der Waals surface area contributed by atoms with E-state index in [1.54, 1.807) is 13.8 Å². The maximum Gasteiger partial charge on any atom is 0.223 e. The van der Waals surface area contributed by atoms with Crippen LogP contribution in [0.25, 0.3) is 0 Å². The minimum absolute atomic E-state index is 0.0575. The number of carbonyl (C=O) groups is 1. The fourth-order valence-electron chi connectivity index (χ4n) is 3.74. The van der Waals surface area contributed by atoms with Crippen LogP contribution in [-0.2, 0) is 11.3 Å². The van der Waals surface area contributed by atoms with Crippen molar-refractivity contribution in [3.63, 3.8) is 0 Å².